The number of nitrogens with one attached hydrogen (secondary N) is 2. The highest BCUT2D eigenvalue weighted by Gasteiger charge is 2.16. The Morgan fingerprint density at radius 1 is 1.31 bits per heavy atom. The molecule has 0 aliphatic heterocycles. The van der Waals surface area contributed by atoms with E-state index in [0.717, 1.165) is 6.07 Å². The molecule has 1 amide bonds. The molecule has 7 nitrogen and oxygen atoms in total. The highest BCUT2D eigenvalue weighted by Crippen LogP contribution is 2.16. The van der Waals surface area contributed by atoms with Crippen LogP contribution in [-0.2, 0) is 6.42 Å². The number of aromatic nitrogens is 4. The lowest BCUT2D eigenvalue weighted by atomic mass is 10.2. The maximum absolute atomic E-state index is 13.3. The van der Waals surface area contributed by atoms with Gasteiger partial charge in [0.25, 0.3) is 11.5 Å². The van der Waals surface area contributed by atoms with Crippen LogP contribution in [0.2, 0.25) is 0 Å². The maximum Gasteiger partial charge on any atom is 0.256 e. The van der Waals surface area contributed by atoms with Gasteiger partial charge in [-0.2, -0.15) is 9.78 Å². The van der Waals surface area contributed by atoms with Gasteiger partial charge in [-0.1, -0.05) is 13.0 Å². The normalized spacial score (nSPS) is 10.8. The number of hydrogen-bond acceptors (Lipinski definition) is 4. The van der Waals surface area contributed by atoms with E-state index in [0.29, 0.717) is 29.2 Å². The van der Waals surface area contributed by atoms with E-state index in [2.05, 4.69) is 20.4 Å². The van der Waals surface area contributed by atoms with Crippen molar-refractivity contribution in [1.29, 1.82) is 0 Å². The van der Waals surface area contributed by atoms with Crippen LogP contribution >= 0.6 is 0 Å². The first-order valence-electron chi connectivity index (χ1n) is 8.12. The summed E-state index contributed by atoms with van der Waals surface area (Å²) < 4.78 is 14.7. The van der Waals surface area contributed by atoms with Gasteiger partial charge in [-0.15, -0.1) is 0 Å². The lowest BCUT2D eigenvalue weighted by molar-refractivity contribution is 0.102. The molecule has 0 fully saturated rings. The number of H-pyrrole nitrogens is 1. The summed E-state index contributed by atoms with van der Waals surface area (Å²) in [7, 11) is 0. The molecule has 0 bridgehead atoms. The smallest absolute Gasteiger partial charge is 0.256 e. The number of amides is 1. The molecule has 2 N–H and O–H groups in total. The number of carbonyl (C=O) groups excluding carboxylic acids is 1. The molecule has 2 heterocycles. The molecule has 3 aromatic rings. The fourth-order valence-corrected chi connectivity index (χ4v) is 2.68. The third kappa shape index (κ3) is 3.39. The summed E-state index contributed by atoms with van der Waals surface area (Å²) in [5.41, 5.74) is 1.75. The largest absolute Gasteiger partial charge is 0.306 e. The molecule has 0 saturated heterocycles. The molecule has 2 aromatic heterocycles. The molecule has 0 aliphatic rings. The molecular formula is C18H18FN5O2. The molecule has 0 saturated carbocycles. The highest BCUT2D eigenvalue weighted by atomic mass is 19.1. The second kappa shape index (κ2) is 6.91. The van der Waals surface area contributed by atoms with E-state index in [1.807, 2.05) is 6.92 Å². The standard InChI is InChI=1S/C18H18FN5O2/c1-4-14-11(3)20-18(22-17(14)26)24-15(8-10(2)23-24)21-16(25)12-6-5-7-13(19)9-12/h5-9H,4H2,1-3H3,(H,21,25)(H,20,22,26). The summed E-state index contributed by atoms with van der Waals surface area (Å²) in [4.78, 5) is 31.6. The van der Waals surface area contributed by atoms with Gasteiger partial charge in [0.05, 0.1) is 5.69 Å². The Bertz CT molecular complexity index is 1040. The van der Waals surface area contributed by atoms with Crippen LogP contribution in [-0.4, -0.2) is 25.7 Å². The Kier molecular flexibility index (Phi) is 4.66. The highest BCUT2D eigenvalue weighted by molar-refractivity contribution is 6.03. The number of rotatable bonds is 4. The Labute approximate surface area is 148 Å². The predicted octanol–water partition coefficient (Wildman–Crippen LogP) is 2.53. The number of nitrogens with zero attached hydrogens (tertiary/aromatic N) is 3. The minimum atomic E-state index is -0.501. The summed E-state index contributed by atoms with van der Waals surface area (Å²) in [5, 5.41) is 6.95. The van der Waals surface area contributed by atoms with Crippen molar-refractivity contribution < 1.29 is 9.18 Å². The molecule has 0 spiro atoms. The third-order valence-electron chi connectivity index (χ3n) is 3.92. The van der Waals surface area contributed by atoms with Crippen molar-refractivity contribution in [2.45, 2.75) is 27.2 Å². The van der Waals surface area contributed by atoms with E-state index < -0.39 is 11.7 Å². The quantitative estimate of drug-likeness (QED) is 0.752. The van der Waals surface area contributed by atoms with Crippen molar-refractivity contribution in [3.8, 4) is 5.95 Å². The van der Waals surface area contributed by atoms with Gasteiger partial charge in [0.2, 0.25) is 5.95 Å². The van der Waals surface area contributed by atoms with Crippen molar-refractivity contribution in [2.75, 3.05) is 5.32 Å². The summed E-state index contributed by atoms with van der Waals surface area (Å²) in [6.07, 6.45) is 0.565. The Morgan fingerprint density at radius 2 is 2.08 bits per heavy atom. The number of hydrogen-bond donors (Lipinski definition) is 2. The fraction of sp³-hybridized carbons (Fsp3) is 0.222. The van der Waals surface area contributed by atoms with Crippen molar-refractivity contribution in [3.05, 3.63) is 69.0 Å². The van der Waals surface area contributed by atoms with Crippen molar-refractivity contribution in [1.82, 2.24) is 19.7 Å². The van der Waals surface area contributed by atoms with Crippen LogP contribution in [0.1, 0.15) is 34.2 Å². The van der Waals surface area contributed by atoms with Gasteiger partial charge < -0.3 is 5.32 Å². The second-order valence-electron chi connectivity index (χ2n) is 5.85. The Balaban J connectivity index is 1.99. The molecule has 0 unspecified atom stereocenters. The first-order valence-corrected chi connectivity index (χ1v) is 8.12. The van der Waals surface area contributed by atoms with Gasteiger partial charge in [0, 0.05) is 22.9 Å². The second-order valence-corrected chi connectivity index (χ2v) is 5.85. The number of aryl methyl sites for hydroxylation is 2. The van der Waals surface area contributed by atoms with Crippen molar-refractivity contribution >= 4 is 11.7 Å². The average Bonchev–Trinajstić information content (AvgIpc) is 2.95. The summed E-state index contributed by atoms with van der Waals surface area (Å²) in [5.74, 6) is -0.468. The van der Waals surface area contributed by atoms with Crippen LogP contribution in [0, 0.1) is 19.7 Å². The topological polar surface area (TPSA) is 92.7 Å². The first kappa shape index (κ1) is 17.5. The number of carbonyl (C=O) groups is 1. The van der Waals surface area contributed by atoms with E-state index in [4.69, 9.17) is 0 Å². The molecular weight excluding hydrogens is 337 g/mol. The van der Waals surface area contributed by atoms with Gasteiger partial charge in [-0.05, 0) is 38.5 Å². The van der Waals surface area contributed by atoms with E-state index in [-0.39, 0.29) is 17.1 Å². The number of halogens is 1. The summed E-state index contributed by atoms with van der Waals surface area (Å²) >= 11 is 0. The van der Waals surface area contributed by atoms with Crippen LogP contribution in [0.5, 0.6) is 0 Å². The van der Waals surface area contributed by atoms with Gasteiger partial charge >= 0.3 is 0 Å². The zero-order chi connectivity index (χ0) is 18.8. The van der Waals surface area contributed by atoms with Gasteiger partial charge in [-0.25, -0.2) is 9.37 Å². The molecule has 3 rings (SSSR count). The van der Waals surface area contributed by atoms with Crippen LogP contribution in [0.15, 0.2) is 35.1 Å². The molecule has 0 radical (unpaired) electrons. The number of benzene rings is 1. The van der Waals surface area contributed by atoms with Crippen LogP contribution in [0.4, 0.5) is 10.2 Å². The predicted molar refractivity (Wildman–Crippen MR) is 95.2 cm³/mol. The SMILES string of the molecule is CCc1c(C)nc(-n2nc(C)cc2NC(=O)c2cccc(F)c2)[nH]c1=O. The lowest BCUT2D eigenvalue weighted by Crippen LogP contribution is -2.22. The molecule has 0 atom stereocenters. The Morgan fingerprint density at radius 3 is 2.73 bits per heavy atom. The maximum atomic E-state index is 13.3. The molecule has 8 heteroatoms. The van der Waals surface area contributed by atoms with Crippen molar-refractivity contribution in [3.63, 3.8) is 0 Å². The van der Waals surface area contributed by atoms with Crippen LogP contribution in [0.3, 0.4) is 0 Å². The summed E-state index contributed by atoms with van der Waals surface area (Å²) in [6.45, 7) is 5.38. The molecule has 0 aliphatic carbocycles. The minimum absolute atomic E-state index is 0.175. The van der Waals surface area contributed by atoms with E-state index in [1.165, 1.54) is 22.9 Å². The Hall–Kier alpha value is -3.29. The minimum Gasteiger partial charge on any atom is -0.306 e. The van der Waals surface area contributed by atoms with Crippen LogP contribution in [0.25, 0.3) is 5.95 Å². The van der Waals surface area contributed by atoms with Gasteiger partial charge in [-0.3, -0.25) is 14.6 Å². The average molecular weight is 355 g/mol. The van der Waals surface area contributed by atoms with Crippen molar-refractivity contribution in [2.24, 2.45) is 0 Å². The van der Waals surface area contributed by atoms with Gasteiger partial charge in [0.15, 0.2) is 0 Å². The zero-order valence-corrected chi connectivity index (χ0v) is 14.6. The first-order chi connectivity index (χ1) is 12.4. The van der Waals surface area contributed by atoms with E-state index in [1.54, 1.807) is 19.9 Å². The fourth-order valence-electron chi connectivity index (χ4n) is 2.68. The third-order valence-corrected chi connectivity index (χ3v) is 3.92. The van der Waals surface area contributed by atoms with E-state index in [9.17, 15) is 14.0 Å². The molecule has 134 valence electrons. The monoisotopic (exact) mass is 355 g/mol. The zero-order valence-electron chi connectivity index (χ0n) is 14.6. The lowest BCUT2D eigenvalue weighted by Gasteiger charge is -2.10. The molecule has 1 aromatic carbocycles. The van der Waals surface area contributed by atoms with Gasteiger partial charge in [0.1, 0.15) is 11.6 Å². The summed E-state index contributed by atoms with van der Waals surface area (Å²) in [6, 6.07) is 7.01. The van der Waals surface area contributed by atoms with E-state index >= 15 is 0 Å². The number of anilines is 1. The number of aromatic amines is 1. The van der Waals surface area contributed by atoms with Crippen LogP contribution < -0.4 is 10.9 Å². The molecule has 26 heavy (non-hydrogen) atoms.